The van der Waals surface area contributed by atoms with Gasteiger partial charge in [0.15, 0.2) is 5.76 Å². The van der Waals surface area contributed by atoms with E-state index in [0.29, 0.717) is 41.3 Å². The number of pyridine rings is 1. The lowest BCUT2D eigenvalue weighted by molar-refractivity contribution is -0.143. The molecular weight excluding hydrogens is 548 g/mol. The summed E-state index contributed by atoms with van der Waals surface area (Å²) in [6, 6.07) is 12.0. The summed E-state index contributed by atoms with van der Waals surface area (Å²) in [5, 5.41) is 3.99. The second kappa shape index (κ2) is 10.7. The summed E-state index contributed by atoms with van der Waals surface area (Å²) in [5.41, 5.74) is -1.54. The number of halogens is 6. The Bertz CT molecular complexity index is 1560. The average Bonchev–Trinajstić information content (AvgIpc) is 3.40. The molecule has 0 saturated heterocycles. The lowest BCUT2D eigenvalue weighted by Gasteiger charge is -2.32. The van der Waals surface area contributed by atoms with Gasteiger partial charge in [-0.1, -0.05) is 36.3 Å². The Morgan fingerprint density at radius 1 is 0.878 bits per heavy atom. The average molecular weight is 576 g/mol. The van der Waals surface area contributed by atoms with Gasteiger partial charge in [0, 0.05) is 18.7 Å². The molecule has 2 heterocycles. The normalized spacial score (nSPS) is 12.5. The van der Waals surface area contributed by atoms with Crippen molar-refractivity contribution < 1.29 is 35.7 Å². The highest BCUT2D eigenvalue weighted by atomic mass is 19.4. The molecule has 0 atom stereocenters. The van der Waals surface area contributed by atoms with Crippen LogP contribution in [0.3, 0.4) is 0 Å². The van der Waals surface area contributed by atoms with Crippen LogP contribution in [0.5, 0.6) is 0 Å². The van der Waals surface area contributed by atoms with Gasteiger partial charge < -0.3 is 9.42 Å². The Hall–Kier alpha value is -4.15. The third-order valence-corrected chi connectivity index (χ3v) is 7.00. The van der Waals surface area contributed by atoms with Crippen LogP contribution in [-0.4, -0.2) is 23.1 Å². The third kappa shape index (κ3) is 5.98. The van der Waals surface area contributed by atoms with Crippen molar-refractivity contribution in [1.82, 2.24) is 10.1 Å². The van der Waals surface area contributed by atoms with Crippen LogP contribution < -0.4 is 4.90 Å². The maximum absolute atomic E-state index is 13.9. The molecule has 0 aliphatic rings. The van der Waals surface area contributed by atoms with Crippen molar-refractivity contribution in [3.05, 3.63) is 88.7 Å². The molecule has 5 nitrogen and oxygen atoms in total. The van der Waals surface area contributed by atoms with E-state index in [1.807, 2.05) is 38.1 Å². The molecule has 0 saturated carbocycles. The fourth-order valence-corrected chi connectivity index (χ4v) is 4.51. The fourth-order valence-electron chi connectivity index (χ4n) is 4.51. The minimum atomic E-state index is -5.04. The highest BCUT2D eigenvalue weighted by molar-refractivity contribution is 6.03. The van der Waals surface area contributed by atoms with Crippen molar-refractivity contribution in [2.45, 2.75) is 51.9 Å². The summed E-state index contributed by atoms with van der Waals surface area (Å²) in [4.78, 5) is 19.5. The minimum Gasteiger partial charge on any atom is -0.354 e. The summed E-state index contributed by atoms with van der Waals surface area (Å²) in [6.45, 7) is 6.37. The zero-order valence-corrected chi connectivity index (χ0v) is 22.9. The molecule has 4 rings (SSSR count). The number of likely N-dealkylation sites (N-methyl/N-ethyl adjacent to an activating group) is 1. The summed E-state index contributed by atoms with van der Waals surface area (Å²) in [5.74, 6) is -0.330. The standard InChI is InChI=1S/C30H27F6N3O2/c1-6-21-14-26(41-38-21)24-15-23(22-10-8-7-9-17(22)2)25(16-37-24)39(5)27(40)28(3,4)18-11-19(29(31,32)33)13-20(12-18)30(34,35)36/h7-16H,6H2,1-5H3. The van der Waals surface area contributed by atoms with Crippen molar-refractivity contribution in [2.24, 2.45) is 0 Å². The Kier molecular flexibility index (Phi) is 7.77. The van der Waals surface area contributed by atoms with Gasteiger partial charge in [-0.25, -0.2) is 0 Å². The van der Waals surface area contributed by atoms with Crippen molar-refractivity contribution in [2.75, 3.05) is 11.9 Å². The van der Waals surface area contributed by atoms with E-state index < -0.39 is 40.4 Å². The monoisotopic (exact) mass is 575 g/mol. The molecule has 41 heavy (non-hydrogen) atoms. The highest BCUT2D eigenvalue weighted by Gasteiger charge is 2.41. The largest absolute Gasteiger partial charge is 0.416 e. The number of rotatable bonds is 6. The van der Waals surface area contributed by atoms with Crippen LogP contribution >= 0.6 is 0 Å². The number of aromatic nitrogens is 2. The van der Waals surface area contributed by atoms with Crippen molar-refractivity contribution >= 4 is 11.6 Å². The first-order valence-corrected chi connectivity index (χ1v) is 12.6. The van der Waals surface area contributed by atoms with E-state index in [-0.39, 0.29) is 6.07 Å². The van der Waals surface area contributed by atoms with Gasteiger partial charge in [0.1, 0.15) is 5.69 Å². The van der Waals surface area contributed by atoms with Crippen molar-refractivity contribution in [3.8, 4) is 22.6 Å². The van der Waals surface area contributed by atoms with Crippen LogP contribution in [0.15, 0.2) is 65.3 Å². The predicted molar refractivity (Wildman–Crippen MR) is 142 cm³/mol. The number of carbonyl (C=O) groups excluding carboxylic acids is 1. The maximum Gasteiger partial charge on any atom is 0.416 e. The lowest BCUT2D eigenvalue weighted by Crippen LogP contribution is -2.42. The van der Waals surface area contributed by atoms with E-state index >= 15 is 0 Å². The minimum absolute atomic E-state index is 0.0418. The lowest BCUT2D eigenvalue weighted by atomic mass is 9.81. The van der Waals surface area contributed by atoms with Gasteiger partial charge in [-0.3, -0.25) is 9.78 Å². The molecule has 0 radical (unpaired) electrons. The number of nitrogens with zero attached hydrogens (tertiary/aromatic N) is 3. The molecule has 0 unspecified atom stereocenters. The third-order valence-electron chi connectivity index (χ3n) is 7.00. The second-order valence-electron chi connectivity index (χ2n) is 10.2. The molecule has 0 spiro atoms. The van der Waals surface area contributed by atoms with Gasteiger partial charge in [0.05, 0.1) is 34.1 Å². The number of aryl methyl sites for hydroxylation is 2. The Labute approximate surface area is 232 Å². The molecule has 11 heteroatoms. The number of hydrogen-bond acceptors (Lipinski definition) is 4. The zero-order valence-electron chi connectivity index (χ0n) is 22.9. The molecule has 0 aliphatic heterocycles. The van der Waals surface area contributed by atoms with Crippen molar-refractivity contribution in [1.29, 1.82) is 0 Å². The number of alkyl halides is 6. The molecule has 1 amide bonds. The quantitative estimate of drug-likeness (QED) is 0.217. The molecular formula is C30H27F6N3O2. The SMILES string of the molecule is CCc1cc(-c2cc(-c3ccccc3C)c(N(C)C(=O)C(C)(C)c3cc(C(F)(F)F)cc(C(F)(F)F)c3)cn2)on1. The van der Waals surface area contributed by atoms with Gasteiger partial charge in [0.25, 0.3) is 0 Å². The van der Waals surface area contributed by atoms with Crippen LogP contribution in [0, 0.1) is 6.92 Å². The van der Waals surface area contributed by atoms with E-state index in [1.54, 1.807) is 12.1 Å². The van der Waals surface area contributed by atoms with Crippen LogP contribution in [0.25, 0.3) is 22.6 Å². The fraction of sp³-hybridized carbons (Fsp3) is 0.300. The van der Waals surface area contributed by atoms with Crippen LogP contribution in [-0.2, 0) is 29.0 Å². The van der Waals surface area contributed by atoms with Gasteiger partial charge in [-0.15, -0.1) is 0 Å². The molecule has 0 aliphatic carbocycles. The topological polar surface area (TPSA) is 59.2 Å². The van der Waals surface area contributed by atoms with E-state index in [0.717, 1.165) is 16.8 Å². The van der Waals surface area contributed by atoms with E-state index in [4.69, 9.17) is 4.52 Å². The summed E-state index contributed by atoms with van der Waals surface area (Å²) in [6.07, 6.45) is -8.02. The Balaban J connectivity index is 1.84. The van der Waals surface area contributed by atoms with Gasteiger partial charge >= 0.3 is 12.4 Å². The van der Waals surface area contributed by atoms with Gasteiger partial charge in [0.2, 0.25) is 5.91 Å². The number of amides is 1. The first-order valence-electron chi connectivity index (χ1n) is 12.6. The first-order chi connectivity index (χ1) is 19.0. The maximum atomic E-state index is 13.9. The number of benzene rings is 2. The summed E-state index contributed by atoms with van der Waals surface area (Å²) < 4.78 is 86.7. The van der Waals surface area contributed by atoms with E-state index in [1.165, 1.54) is 32.0 Å². The van der Waals surface area contributed by atoms with Crippen molar-refractivity contribution in [3.63, 3.8) is 0 Å². The molecule has 2 aromatic heterocycles. The van der Waals surface area contributed by atoms with Crippen LogP contribution in [0.4, 0.5) is 32.0 Å². The van der Waals surface area contributed by atoms with Gasteiger partial charge in [-0.05, 0) is 68.1 Å². The molecule has 0 bridgehead atoms. The second-order valence-corrected chi connectivity index (χ2v) is 10.2. The summed E-state index contributed by atoms with van der Waals surface area (Å²) >= 11 is 0. The molecule has 216 valence electrons. The number of anilines is 1. The van der Waals surface area contributed by atoms with E-state index in [2.05, 4.69) is 10.1 Å². The van der Waals surface area contributed by atoms with Crippen LogP contribution in [0.2, 0.25) is 0 Å². The highest BCUT2D eigenvalue weighted by Crippen LogP contribution is 2.41. The van der Waals surface area contributed by atoms with Gasteiger partial charge in [-0.2, -0.15) is 26.3 Å². The molecule has 0 fully saturated rings. The zero-order chi connectivity index (χ0) is 30.3. The Morgan fingerprint density at radius 3 is 2.00 bits per heavy atom. The Morgan fingerprint density at radius 2 is 1.46 bits per heavy atom. The van der Waals surface area contributed by atoms with Crippen LogP contribution in [0.1, 0.15) is 48.7 Å². The molecule has 0 N–H and O–H groups in total. The summed E-state index contributed by atoms with van der Waals surface area (Å²) in [7, 11) is 1.41. The molecule has 4 aromatic rings. The van der Waals surface area contributed by atoms with E-state index in [9.17, 15) is 31.1 Å². The predicted octanol–water partition coefficient (Wildman–Crippen LogP) is 8.25. The molecule has 2 aromatic carbocycles. The number of hydrogen-bond donors (Lipinski definition) is 0. The number of carbonyl (C=O) groups is 1. The first kappa shape index (κ1) is 29.8. The smallest absolute Gasteiger partial charge is 0.354 e.